The van der Waals surface area contributed by atoms with Gasteiger partial charge in [0.25, 0.3) is 0 Å². The predicted molar refractivity (Wildman–Crippen MR) is 89.0 cm³/mol. The summed E-state index contributed by atoms with van der Waals surface area (Å²) in [5.74, 6) is 3.40. The Labute approximate surface area is 132 Å². The number of hydrogen-bond donors (Lipinski definition) is 2. The first-order valence-electron chi connectivity index (χ1n) is 8.08. The van der Waals surface area contributed by atoms with Gasteiger partial charge in [-0.05, 0) is 32.4 Å². The van der Waals surface area contributed by atoms with Gasteiger partial charge in [-0.2, -0.15) is 11.8 Å². The lowest BCUT2D eigenvalue weighted by molar-refractivity contribution is 0.0775. The molecule has 2 fully saturated rings. The number of aliphatic imine (C=N–C) groups is 1. The number of ether oxygens (including phenoxy) is 1. The van der Waals surface area contributed by atoms with E-state index < -0.39 is 5.60 Å². The maximum absolute atomic E-state index is 10.4. The van der Waals surface area contributed by atoms with E-state index in [-0.39, 0.29) is 0 Å². The minimum Gasteiger partial charge on any atom is -0.387 e. The van der Waals surface area contributed by atoms with Crippen LogP contribution in [0.2, 0.25) is 0 Å². The molecular weight excluding hydrogens is 286 g/mol. The molecule has 0 saturated carbocycles. The van der Waals surface area contributed by atoms with Crippen molar-refractivity contribution in [3.63, 3.8) is 0 Å². The molecule has 0 radical (unpaired) electrons. The Hall–Kier alpha value is -0.460. The van der Waals surface area contributed by atoms with Crippen molar-refractivity contribution in [1.29, 1.82) is 0 Å². The fraction of sp³-hybridized carbons (Fsp3) is 0.933. The zero-order valence-corrected chi connectivity index (χ0v) is 14.1. The van der Waals surface area contributed by atoms with Crippen LogP contribution in [0.15, 0.2) is 4.99 Å². The lowest BCUT2D eigenvalue weighted by Crippen LogP contribution is -2.42. The van der Waals surface area contributed by atoms with Gasteiger partial charge in [-0.3, -0.25) is 4.99 Å². The van der Waals surface area contributed by atoms with Gasteiger partial charge in [-0.1, -0.05) is 0 Å². The summed E-state index contributed by atoms with van der Waals surface area (Å²) in [6, 6.07) is 0. The molecule has 0 aromatic rings. The van der Waals surface area contributed by atoms with E-state index >= 15 is 0 Å². The van der Waals surface area contributed by atoms with E-state index in [2.05, 4.69) is 17.1 Å². The van der Waals surface area contributed by atoms with Crippen LogP contribution in [0.5, 0.6) is 0 Å². The Morgan fingerprint density at radius 3 is 3.05 bits per heavy atom. The zero-order chi connectivity index (χ0) is 15.1. The van der Waals surface area contributed by atoms with Gasteiger partial charge >= 0.3 is 0 Å². The Morgan fingerprint density at radius 1 is 1.52 bits per heavy atom. The van der Waals surface area contributed by atoms with E-state index in [0.717, 1.165) is 63.2 Å². The average Bonchev–Trinajstić information content (AvgIpc) is 3.11. The van der Waals surface area contributed by atoms with Crippen molar-refractivity contribution in [2.75, 3.05) is 50.9 Å². The van der Waals surface area contributed by atoms with E-state index in [1.165, 1.54) is 0 Å². The maximum atomic E-state index is 10.4. The third-order valence-corrected chi connectivity index (χ3v) is 5.32. The summed E-state index contributed by atoms with van der Waals surface area (Å²) >= 11 is 1.82. The zero-order valence-electron chi connectivity index (χ0n) is 13.3. The number of nitrogens with one attached hydrogen (secondary N) is 1. The molecule has 0 bridgehead atoms. The van der Waals surface area contributed by atoms with E-state index in [9.17, 15) is 5.11 Å². The Bertz CT molecular complexity index is 346. The molecule has 0 aromatic carbocycles. The summed E-state index contributed by atoms with van der Waals surface area (Å²) in [5, 5.41) is 13.8. The second-order valence-corrected chi connectivity index (χ2v) is 7.06. The number of thioether (sulfide) groups is 1. The highest BCUT2D eigenvalue weighted by molar-refractivity contribution is 7.99. The van der Waals surface area contributed by atoms with Gasteiger partial charge in [0.1, 0.15) is 0 Å². The van der Waals surface area contributed by atoms with Crippen molar-refractivity contribution in [2.45, 2.75) is 32.3 Å². The first-order valence-corrected chi connectivity index (χ1v) is 9.23. The quantitative estimate of drug-likeness (QED) is 0.569. The van der Waals surface area contributed by atoms with Gasteiger partial charge in [0, 0.05) is 37.9 Å². The van der Waals surface area contributed by atoms with Crippen LogP contribution in [-0.2, 0) is 4.74 Å². The number of rotatable bonds is 6. The van der Waals surface area contributed by atoms with E-state index in [1.54, 1.807) is 0 Å². The van der Waals surface area contributed by atoms with Crippen molar-refractivity contribution in [3.8, 4) is 0 Å². The van der Waals surface area contributed by atoms with Crippen LogP contribution in [0.1, 0.15) is 26.7 Å². The van der Waals surface area contributed by atoms with Gasteiger partial charge < -0.3 is 20.1 Å². The average molecular weight is 315 g/mol. The SMILES string of the molecule is CCNC(=NCC1(O)CCSC1)N1CCC(COCC)C1. The smallest absolute Gasteiger partial charge is 0.194 e. The van der Waals surface area contributed by atoms with Crippen LogP contribution in [0.25, 0.3) is 0 Å². The first kappa shape index (κ1) is 16.9. The summed E-state index contributed by atoms with van der Waals surface area (Å²) in [5.41, 5.74) is -0.601. The number of hydrogen-bond acceptors (Lipinski definition) is 4. The molecule has 2 aliphatic heterocycles. The van der Waals surface area contributed by atoms with E-state index in [0.29, 0.717) is 12.5 Å². The third kappa shape index (κ3) is 5.04. The minimum atomic E-state index is -0.601. The second-order valence-electron chi connectivity index (χ2n) is 5.96. The number of guanidine groups is 1. The Kier molecular flexibility index (Phi) is 6.64. The molecule has 2 atom stereocenters. The van der Waals surface area contributed by atoms with Gasteiger partial charge in [0.15, 0.2) is 5.96 Å². The summed E-state index contributed by atoms with van der Waals surface area (Å²) in [4.78, 5) is 7.00. The van der Waals surface area contributed by atoms with Crippen molar-refractivity contribution in [3.05, 3.63) is 0 Å². The molecule has 2 rings (SSSR count). The molecule has 5 nitrogen and oxygen atoms in total. The normalized spacial score (nSPS) is 30.1. The molecule has 0 amide bonds. The molecule has 21 heavy (non-hydrogen) atoms. The number of likely N-dealkylation sites (tertiary alicyclic amines) is 1. The minimum absolute atomic E-state index is 0.509. The maximum Gasteiger partial charge on any atom is 0.194 e. The van der Waals surface area contributed by atoms with Crippen LogP contribution in [0.4, 0.5) is 0 Å². The summed E-state index contributed by atoms with van der Waals surface area (Å²) in [6.45, 7) is 9.15. The van der Waals surface area contributed by atoms with Gasteiger partial charge in [-0.15, -0.1) is 0 Å². The second kappa shape index (κ2) is 8.25. The highest BCUT2D eigenvalue weighted by atomic mass is 32.2. The molecule has 122 valence electrons. The van der Waals surface area contributed by atoms with Crippen LogP contribution in [-0.4, -0.2) is 72.5 Å². The molecule has 2 heterocycles. The van der Waals surface area contributed by atoms with Gasteiger partial charge in [-0.25, -0.2) is 0 Å². The summed E-state index contributed by atoms with van der Waals surface area (Å²) in [6.07, 6.45) is 2.01. The summed E-state index contributed by atoms with van der Waals surface area (Å²) in [7, 11) is 0. The van der Waals surface area contributed by atoms with Crippen molar-refractivity contribution >= 4 is 17.7 Å². The van der Waals surface area contributed by atoms with Crippen LogP contribution >= 0.6 is 11.8 Å². The largest absolute Gasteiger partial charge is 0.387 e. The highest BCUT2D eigenvalue weighted by Crippen LogP contribution is 2.28. The monoisotopic (exact) mass is 315 g/mol. The van der Waals surface area contributed by atoms with Crippen molar-refractivity contribution < 1.29 is 9.84 Å². The fourth-order valence-corrected chi connectivity index (χ4v) is 4.10. The van der Waals surface area contributed by atoms with Gasteiger partial charge in [0.05, 0.1) is 18.8 Å². The first-order chi connectivity index (χ1) is 10.2. The molecule has 0 spiro atoms. The number of aliphatic hydroxyl groups is 1. The van der Waals surface area contributed by atoms with E-state index in [1.807, 2.05) is 18.7 Å². The topological polar surface area (TPSA) is 57.1 Å². The highest BCUT2D eigenvalue weighted by Gasteiger charge is 2.32. The molecular formula is C15H29N3O2S. The van der Waals surface area contributed by atoms with Crippen LogP contribution < -0.4 is 5.32 Å². The molecule has 0 aromatic heterocycles. The van der Waals surface area contributed by atoms with Crippen LogP contribution in [0, 0.1) is 5.92 Å². The lowest BCUT2D eigenvalue weighted by atomic mass is 10.1. The number of nitrogens with zero attached hydrogens (tertiary/aromatic N) is 2. The molecule has 2 N–H and O–H groups in total. The van der Waals surface area contributed by atoms with Crippen LogP contribution in [0.3, 0.4) is 0 Å². The molecule has 2 saturated heterocycles. The summed E-state index contributed by atoms with van der Waals surface area (Å²) < 4.78 is 5.53. The van der Waals surface area contributed by atoms with Crippen molar-refractivity contribution in [2.24, 2.45) is 10.9 Å². The fourth-order valence-electron chi connectivity index (χ4n) is 2.81. The van der Waals surface area contributed by atoms with E-state index in [4.69, 9.17) is 9.73 Å². The van der Waals surface area contributed by atoms with Crippen molar-refractivity contribution in [1.82, 2.24) is 10.2 Å². The molecule has 6 heteroatoms. The predicted octanol–water partition coefficient (Wildman–Crippen LogP) is 1.18. The molecule has 0 aliphatic carbocycles. The molecule has 2 unspecified atom stereocenters. The standard InChI is InChI=1S/C15H29N3O2S/c1-3-16-14(17-11-15(19)6-8-21-12-15)18-7-5-13(9-18)10-20-4-2/h13,19H,3-12H2,1-2H3,(H,16,17). The Morgan fingerprint density at radius 2 is 2.38 bits per heavy atom. The lowest BCUT2D eigenvalue weighted by Gasteiger charge is -2.24. The Balaban J connectivity index is 1.89. The molecule has 2 aliphatic rings. The van der Waals surface area contributed by atoms with Gasteiger partial charge in [0.2, 0.25) is 0 Å². The third-order valence-electron chi connectivity index (χ3n) is 4.08.